The van der Waals surface area contributed by atoms with Crippen LogP contribution in [0.1, 0.15) is 26.3 Å². The Morgan fingerprint density at radius 3 is 2.15 bits per heavy atom. The van der Waals surface area contributed by atoms with E-state index in [1.165, 1.54) is 13.0 Å². The van der Waals surface area contributed by atoms with Gasteiger partial charge in [-0.1, -0.05) is 37.0 Å². The van der Waals surface area contributed by atoms with Crippen molar-refractivity contribution >= 4 is 41.2 Å². The number of halogens is 2. The van der Waals surface area contributed by atoms with Gasteiger partial charge in [-0.05, 0) is 30.2 Å². The number of hydrogen-bond donors (Lipinski definition) is 2. The van der Waals surface area contributed by atoms with Gasteiger partial charge in [0.15, 0.2) is 0 Å². The maximum absolute atomic E-state index is 11.7. The molecule has 0 aliphatic heterocycles. The molecular formula is C17H21Cl2NO6. The van der Waals surface area contributed by atoms with Gasteiger partial charge in [0.1, 0.15) is 0 Å². The van der Waals surface area contributed by atoms with Gasteiger partial charge in [0.2, 0.25) is 6.29 Å². The Bertz CT molecular complexity index is 644. The number of aliphatic carboxylic acids is 1. The van der Waals surface area contributed by atoms with Gasteiger partial charge in [0.25, 0.3) is 0 Å². The Labute approximate surface area is 161 Å². The largest absolute Gasteiger partial charge is 0.481 e. The van der Waals surface area contributed by atoms with Crippen LogP contribution in [0.5, 0.6) is 0 Å². The molecule has 0 bridgehead atoms. The van der Waals surface area contributed by atoms with E-state index < -0.39 is 30.2 Å². The molecule has 0 aliphatic rings. The van der Waals surface area contributed by atoms with E-state index in [1.54, 1.807) is 26.0 Å². The van der Waals surface area contributed by atoms with Crippen molar-refractivity contribution in [3.05, 3.63) is 33.8 Å². The van der Waals surface area contributed by atoms with Crippen molar-refractivity contribution in [1.82, 2.24) is 5.32 Å². The SMILES string of the molecule is CC(C)C(=O)O[C@H](C)OC(=O)NC[C@H](Cc1cc(Cl)cc(Cl)c1)C(=O)O. The number of carbonyl (C=O) groups is 3. The molecule has 0 aromatic heterocycles. The zero-order valence-electron chi connectivity index (χ0n) is 14.6. The third kappa shape index (κ3) is 7.93. The summed E-state index contributed by atoms with van der Waals surface area (Å²) in [6.07, 6.45) is -1.85. The lowest BCUT2D eigenvalue weighted by atomic mass is 9.99. The van der Waals surface area contributed by atoms with Crippen molar-refractivity contribution in [2.24, 2.45) is 11.8 Å². The number of hydrogen-bond acceptors (Lipinski definition) is 5. The van der Waals surface area contributed by atoms with Gasteiger partial charge in [-0.3, -0.25) is 9.59 Å². The summed E-state index contributed by atoms with van der Waals surface area (Å²) in [5.41, 5.74) is 0.629. The van der Waals surface area contributed by atoms with E-state index in [0.29, 0.717) is 15.6 Å². The first kappa shape index (κ1) is 22.1. The first-order valence-corrected chi connectivity index (χ1v) is 8.66. The number of rotatable bonds is 8. The van der Waals surface area contributed by atoms with E-state index in [-0.39, 0.29) is 18.9 Å². The minimum absolute atomic E-state index is 0.119. The number of esters is 1. The normalized spacial score (nSPS) is 13.0. The van der Waals surface area contributed by atoms with Gasteiger partial charge >= 0.3 is 18.0 Å². The second kappa shape index (κ2) is 10.2. The molecule has 2 atom stereocenters. The lowest BCUT2D eigenvalue weighted by Crippen LogP contribution is -2.36. The first-order valence-electron chi connectivity index (χ1n) is 7.91. The van der Waals surface area contributed by atoms with E-state index >= 15 is 0 Å². The molecule has 1 aromatic rings. The van der Waals surface area contributed by atoms with Gasteiger partial charge < -0.3 is 19.9 Å². The third-order valence-corrected chi connectivity index (χ3v) is 3.71. The van der Waals surface area contributed by atoms with E-state index in [9.17, 15) is 19.5 Å². The van der Waals surface area contributed by atoms with Crippen LogP contribution < -0.4 is 5.32 Å². The van der Waals surface area contributed by atoms with Crippen molar-refractivity contribution in [3.8, 4) is 0 Å². The number of carboxylic acid groups (broad SMARTS) is 1. The minimum Gasteiger partial charge on any atom is -0.481 e. The molecule has 1 aromatic carbocycles. The van der Waals surface area contributed by atoms with Crippen molar-refractivity contribution in [3.63, 3.8) is 0 Å². The Morgan fingerprint density at radius 2 is 1.65 bits per heavy atom. The maximum atomic E-state index is 11.7. The van der Waals surface area contributed by atoms with Crippen LogP contribution in [0.25, 0.3) is 0 Å². The predicted molar refractivity (Wildman–Crippen MR) is 96.2 cm³/mol. The Balaban J connectivity index is 2.56. The lowest BCUT2D eigenvalue weighted by molar-refractivity contribution is -0.168. The number of benzene rings is 1. The van der Waals surface area contributed by atoms with Crippen LogP contribution in [0, 0.1) is 11.8 Å². The molecule has 0 saturated carbocycles. The average Bonchev–Trinajstić information content (AvgIpc) is 2.49. The number of ether oxygens (including phenoxy) is 2. The first-order chi connectivity index (χ1) is 12.1. The summed E-state index contributed by atoms with van der Waals surface area (Å²) in [5, 5.41) is 12.5. The van der Waals surface area contributed by atoms with E-state index in [4.69, 9.17) is 32.7 Å². The molecule has 0 fully saturated rings. The summed E-state index contributed by atoms with van der Waals surface area (Å²) in [4.78, 5) is 34.5. The van der Waals surface area contributed by atoms with Crippen molar-refractivity contribution < 1.29 is 29.0 Å². The third-order valence-electron chi connectivity index (χ3n) is 3.27. The van der Waals surface area contributed by atoms with Crippen LogP contribution in [0.2, 0.25) is 10.0 Å². The van der Waals surface area contributed by atoms with Crippen LogP contribution in [-0.4, -0.2) is 36.0 Å². The van der Waals surface area contributed by atoms with Crippen LogP contribution >= 0.6 is 23.2 Å². The summed E-state index contributed by atoms with van der Waals surface area (Å²) in [5.74, 6) is -2.87. The van der Waals surface area contributed by atoms with Crippen LogP contribution in [0.15, 0.2) is 18.2 Å². The molecule has 0 aliphatic carbocycles. The molecule has 2 N–H and O–H groups in total. The maximum Gasteiger partial charge on any atom is 0.410 e. The average molecular weight is 406 g/mol. The van der Waals surface area contributed by atoms with Gasteiger partial charge in [-0.25, -0.2) is 4.79 Å². The standard InChI is InChI=1S/C17H21Cl2NO6/c1-9(2)16(23)25-10(3)26-17(24)20-8-12(15(21)22)4-11-5-13(18)7-14(19)6-11/h5-7,9-10,12H,4,8H2,1-3H3,(H,20,24)(H,21,22)/t10-,12-/m0/s1. The second-order valence-electron chi connectivity index (χ2n) is 5.96. The summed E-state index contributed by atoms with van der Waals surface area (Å²) in [6, 6.07) is 4.75. The fraction of sp³-hybridized carbons (Fsp3) is 0.471. The molecule has 1 amide bonds. The summed E-state index contributed by atoms with van der Waals surface area (Å²) in [6.45, 7) is 4.51. The zero-order chi connectivity index (χ0) is 19.9. The van der Waals surface area contributed by atoms with Crippen LogP contribution in [0.3, 0.4) is 0 Å². The topological polar surface area (TPSA) is 102 Å². The Hall–Kier alpha value is -1.99. The summed E-state index contributed by atoms with van der Waals surface area (Å²) in [7, 11) is 0. The fourth-order valence-electron chi connectivity index (χ4n) is 1.98. The highest BCUT2D eigenvalue weighted by Crippen LogP contribution is 2.21. The highest BCUT2D eigenvalue weighted by molar-refractivity contribution is 6.34. The van der Waals surface area contributed by atoms with Crippen molar-refractivity contribution in [2.45, 2.75) is 33.5 Å². The molecule has 0 saturated heterocycles. The number of carbonyl (C=O) groups excluding carboxylic acids is 2. The van der Waals surface area contributed by atoms with Gasteiger partial charge in [-0.15, -0.1) is 0 Å². The van der Waals surface area contributed by atoms with Crippen molar-refractivity contribution in [2.75, 3.05) is 6.54 Å². The van der Waals surface area contributed by atoms with Crippen molar-refractivity contribution in [1.29, 1.82) is 0 Å². The molecule has 1 rings (SSSR count). The summed E-state index contributed by atoms with van der Waals surface area (Å²) < 4.78 is 9.75. The predicted octanol–water partition coefficient (Wildman–Crippen LogP) is 3.51. The van der Waals surface area contributed by atoms with E-state index in [2.05, 4.69) is 5.32 Å². The minimum atomic E-state index is -1.10. The van der Waals surface area contributed by atoms with E-state index in [0.717, 1.165) is 0 Å². The quantitative estimate of drug-likeness (QED) is 0.506. The number of carboxylic acids is 1. The van der Waals surface area contributed by atoms with E-state index in [1.807, 2.05) is 0 Å². The second-order valence-corrected chi connectivity index (χ2v) is 6.84. The lowest BCUT2D eigenvalue weighted by Gasteiger charge is -2.17. The molecule has 7 nitrogen and oxygen atoms in total. The fourth-order valence-corrected chi connectivity index (χ4v) is 2.55. The number of amides is 1. The van der Waals surface area contributed by atoms with Gasteiger partial charge in [-0.2, -0.15) is 0 Å². The number of nitrogens with one attached hydrogen (secondary N) is 1. The van der Waals surface area contributed by atoms with Gasteiger partial charge in [0, 0.05) is 23.5 Å². The summed E-state index contributed by atoms with van der Waals surface area (Å²) >= 11 is 11.8. The monoisotopic (exact) mass is 405 g/mol. The highest BCUT2D eigenvalue weighted by Gasteiger charge is 2.21. The molecule has 26 heavy (non-hydrogen) atoms. The van der Waals surface area contributed by atoms with Gasteiger partial charge in [0.05, 0.1) is 11.8 Å². The Kier molecular flexibility index (Phi) is 8.68. The van der Waals surface area contributed by atoms with Crippen LogP contribution in [0.4, 0.5) is 4.79 Å². The smallest absolute Gasteiger partial charge is 0.410 e. The molecule has 9 heteroatoms. The Morgan fingerprint density at radius 1 is 1.08 bits per heavy atom. The molecule has 0 unspecified atom stereocenters. The molecular weight excluding hydrogens is 385 g/mol. The molecule has 0 spiro atoms. The molecule has 144 valence electrons. The highest BCUT2D eigenvalue weighted by atomic mass is 35.5. The molecule has 0 heterocycles. The van der Waals surface area contributed by atoms with Crippen LogP contribution in [-0.2, 0) is 25.5 Å². The molecule has 0 radical (unpaired) electrons. The zero-order valence-corrected chi connectivity index (χ0v) is 16.1. The number of alkyl carbamates (subject to hydrolysis) is 1.